The van der Waals surface area contributed by atoms with E-state index >= 15 is 0 Å². The van der Waals surface area contributed by atoms with E-state index in [1.165, 1.54) is 26.2 Å². The highest BCUT2D eigenvalue weighted by Gasteiger charge is 2.16. The van der Waals surface area contributed by atoms with Crippen molar-refractivity contribution in [1.29, 1.82) is 0 Å². The Kier molecular flexibility index (Phi) is 7.43. The SMILES string of the molecule is CC(=O)Nc1ccc(NC(=O)CNc2ccc(C(=O)NC3CCCCC3)cc2)cc1. The van der Waals surface area contributed by atoms with Crippen molar-refractivity contribution in [2.24, 2.45) is 0 Å². The van der Waals surface area contributed by atoms with Crippen molar-refractivity contribution in [2.75, 3.05) is 22.5 Å². The Balaban J connectivity index is 1.44. The number of hydrogen-bond acceptors (Lipinski definition) is 4. The summed E-state index contributed by atoms with van der Waals surface area (Å²) < 4.78 is 0. The molecule has 2 aromatic carbocycles. The van der Waals surface area contributed by atoms with Crippen LogP contribution in [0.1, 0.15) is 49.4 Å². The van der Waals surface area contributed by atoms with E-state index in [4.69, 9.17) is 0 Å². The highest BCUT2D eigenvalue weighted by atomic mass is 16.2. The molecular formula is C23H28N4O3. The van der Waals surface area contributed by atoms with Crippen LogP contribution >= 0.6 is 0 Å². The lowest BCUT2D eigenvalue weighted by Crippen LogP contribution is -2.36. The highest BCUT2D eigenvalue weighted by molar-refractivity contribution is 5.96. The van der Waals surface area contributed by atoms with Gasteiger partial charge in [0.05, 0.1) is 6.54 Å². The molecule has 2 aromatic rings. The molecule has 0 radical (unpaired) electrons. The van der Waals surface area contributed by atoms with Gasteiger partial charge < -0.3 is 21.3 Å². The van der Waals surface area contributed by atoms with Crippen molar-refractivity contribution >= 4 is 34.8 Å². The minimum Gasteiger partial charge on any atom is -0.376 e. The zero-order valence-electron chi connectivity index (χ0n) is 17.2. The lowest BCUT2D eigenvalue weighted by atomic mass is 9.95. The van der Waals surface area contributed by atoms with Crippen LogP contribution in [0.4, 0.5) is 17.1 Å². The summed E-state index contributed by atoms with van der Waals surface area (Å²) in [6.45, 7) is 1.54. The topological polar surface area (TPSA) is 99.3 Å². The average molecular weight is 409 g/mol. The van der Waals surface area contributed by atoms with Gasteiger partial charge in [-0.1, -0.05) is 19.3 Å². The Hall–Kier alpha value is -3.35. The van der Waals surface area contributed by atoms with Gasteiger partial charge in [-0.15, -0.1) is 0 Å². The molecule has 1 aliphatic rings. The van der Waals surface area contributed by atoms with Crippen LogP contribution in [0, 0.1) is 0 Å². The number of rotatable bonds is 7. The third-order valence-corrected chi connectivity index (χ3v) is 5.03. The molecule has 1 fully saturated rings. The molecule has 3 amide bonds. The minimum atomic E-state index is -0.193. The van der Waals surface area contributed by atoms with Crippen molar-refractivity contribution in [3.8, 4) is 0 Å². The summed E-state index contributed by atoms with van der Waals surface area (Å²) in [6, 6.07) is 14.3. The molecule has 3 rings (SSSR count). The normalized spacial score (nSPS) is 13.9. The molecule has 158 valence electrons. The van der Waals surface area contributed by atoms with Gasteiger partial charge in [0.2, 0.25) is 11.8 Å². The fourth-order valence-electron chi connectivity index (χ4n) is 3.48. The van der Waals surface area contributed by atoms with Crippen LogP contribution in [-0.4, -0.2) is 30.3 Å². The first-order chi connectivity index (χ1) is 14.5. The van der Waals surface area contributed by atoms with E-state index in [0.29, 0.717) is 16.9 Å². The molecule has 0 unspecified atom stereocenters. The summed E-state index contributed by atoms with van der Waals surface area (Å²) in [4.78, 5) is 35.5. The van der Waals surface area contributed by atoms with Gasteiger partial charge in [-0.25, -0.2) is 0 Å². The number of anilines is 3. The fourth-order valence-corrected chi connectivity index (χ4v) is 3.48. The summed E-state index contributed by atoms with van der Waals surface area (Å²) in [6.07, 6.45) is 5.71. The van der Waals surface area contributed by atoms with Crippen molar-refractivity contribution in [1.82, 2.24) is 5.32 Å². The van der Waals surface area contributed by atoms with E-state index in [-0.39, 0.29) is 30.3 Å². The number of carbonyl (C=O) groups excluding carboxylic acids is 3. The van der Waals surface area contributed by atoms with Crippen molar-refractivity contribution in [3.63, 3.8) is 0 Å². The zero-order valence-corrected chi connectivity index (χ0v) is 17.2. The lowest BCUT2D eigenvalue weighted by Gasteiger charge is -2.22. The molecule has 4 N–H and O–H groups in total. The molecule has 1 saturated carbocycles. The standard InChI is InChI=1S/C23H28N4O3/c1-16(28)25-20-11-13-21(14-12-20)26-22(29)15-24-18-9-7-17(8-10-18)23(30)27-19-5-3-2-4-6-19/h7-14,19,24H,2-6,15H2,1H3,(H,25,28)(H,26,29)(H,27,30). The molecule has 30 heavy (non-hydrogen) atoms. The van der Waals surface area contributed by atoms with Gasteiger partial charge in [-0.2, -0.15) is 0 Å². The van der Waals surface area contributed by atoms with Crippen molar-refractivity contribution in [2.45, 2.75) is 45.1 Å². The number of hydrogen-bond donors (Lipinski definition) is 4. The maximum absolute atomic E-state index is 12.4. The average Bonchev–Trinajstić information content (AvgIpc) is 2.74. The maximum Gasteiger partial charge on any atom is 0.251 e. The van der Waals surface area contributed by atoms with Crippen LogP contribution in [0.25, 0.3) is 0 Å². The Labute approximate surface area is 176 Å². The predicted octanol–water partition coefficient (Wildman–Crippen LogP) is 3.76. The number of benzene rings is 2. The molecule has 0 bridgehead atoms. The number of amides is 3. The molecule has 0 atom stereocenters. The van der Waals surface area contributed by atoms with Crippen molar-refractivity contribution in [3.05, 3.63) is 54.1 Å². The van der Waals surface area contributed by atoms with Gasteiger partial charge in [0.1, 0.15) is 0 Å². The molecule has 1 aliphatic carbocycles. The van der Waals surface area contributed by atoms with E-state index in [2.05, 4.69) is 21.3 Å². The first-order valence-corrected chi connectivity index (χ1v) is 10.3. The second kappa shape index (κ2) is 10.4. The van der Waals surface area contributed by atoms with E-state index in [0.717, 1.165) is 18.5 Å². The Morgan fingerprint density at radius 1 is 0.800 bits per heavy atom. The second-order valence-corrected chi connectivity index (χ2v) is 7.55. The highest BCUT2D eigenvalue weighted by Crippen LogP contribution is 2.18. The Morgan fingerprint density at radius 2 is 1.37 bits per heavy atom. The zero-order chi connectivity index (χ0) is 21.3. The molecule has 0 spiro atoms. The van der Waals surface area contributed by atoms with Crippen LogP contribution in [0.3, 0.4) is 0 Å². The fraction of sp³-hybridized carbons (Fsp3) is 0.348. The molecule has 0 saturated heterocycles. The molecule has 0 heterocycles. The summed E-state index contributed by atoms with van der Waals surface area (Å²) in [5.74, 6) is -0.385. The smallest absolute Gasteiger partial charge is 0.251 e. The lowest BCUT2D eigenvalue weighted by molar-refractivity contribution is -0.115. The van der Waals surface area contributed by atoms with Gasteiger partial charge >= 0.3 is 0 Å². The van der Waals surface area contributed by atoms with Gasteiger partial charge in [0, 0.05) is 35.6 Å². The monoisotopic (exact) mass is 408 g/mol. The van der Waals surface area contributed by atoms with E-state index in [1.54, 1.807) is 48.5 Å². The van der Waals surface area contributed by atoms with Gasteiger partial charge in [-0.3, -0.25) is 14.4 Å². The van der Waals surface area contributed by atoms with Gasteiger partial charge in [-0.05, 0) is 61.4 Å². The van der Waals surface area contributed by atoms with Gasteiger partial charge in [0.25, 0.3) is 5.91 Å². The Morgan fingerprint density at radius 3 is 1.97 bits per heavy atom. The maximum atomic E-state index is 12.4. The molecule has 0 aliphatic heterocycles. The first-order valence-electron chi connectivity index (χ1n) is 10.3. The minimum absolute atomic E-state index is 0.0473. The summed E-state index contributed by atoms with van der Waals surface area (Å²) in [7, 11) is 0. The van der Waals surface area contributed by atoms with Crippen LogP contribution in [0.15, 0.2) is 48.5 Å². The third-order valence-electron chi connectivity index (χ3n) is 5.03. The second-order valence-electron chi connectivity index (χ2n) is 7.55. The number of nitrogens with one attached hydrogen (secondary N) is 4. The summed E-state index contributed by atoms with van der Waals surface area (Å²) in [5.41, 5.74) is 2.70. The number of carbonyl (C=O) groups is 3. The predicted molar refractivity (Wildman–Crippen MR) is 119 cm³/mol. The van der Waals surface area contributed by atoms with Crippen LogP contribution in [0.2, 0.25) is 0 Å². The summed E-state index contributed by atoms with van der Waals surface area (Å²) in [5, 5.41) is 11.6. The van der Waals surface area contributed by atoms with Crippen molar-refractivity contribution < 1.29 is 14.4 Å². The van der Waals surface area contributed by atoms with Crippen LogP contribution in [-0.2, 0) is 9.59 Å². The largest absolute Gasteiger partial charge is 0.376 e. The summed E-state index contributed by atoms with van der Waals surface area (Å²) >= 11 is 0. The van der Waals surface area contributed by atoms with Crippen LogP contribution < -0.4 is 21.3 Å². The van der Waals surface area contributed by atoms with E-state index in [9.17, 15) is 14.4 Å². The molecule has 7 nitrogen and oxygen atoms in total. The molecule has 0 aromatic heterocycles. The Bertz CT molecular complexity index is 872. The van der Waals surface area contributed by atoms with E-state index < -0.39 is 0 Å². The quantitative estimate of drug-likeness (QED) is 0.561. The van der Waals surface area contributed by atoms with E-state index in [1.807, 2.05) is 0 Å². The van der Waals surface area contributed by atoms with Gasteiger partial charge in [0.15, 0.2) is 0 Å². The third kappa shape index (κ3) is 6.62. The van der Waals surface area contributed by atoms with Crippen LogP contribution in [0.5, 0.6) is 0 Å². The molecule has 7 heteroatoms. The molecular weight excluding hydrogens is 380 g/mol. The first kappa shape index (κ1) is 21.4.